The van der Waals surface area contributed by atoms with Gasteiger partial charge in [-0.15, -0.1) is 0 Å². The minimum absolute atomic E-state index is 0.120. The Bertz CT molecular complexity index is 702. The number of sulfonamides is 1. The average Bonchev–Trinajstić information content (AvgIpc) is 2.47. The van der Waals surface area contributed by atoms with Gasteiger partial charge in [-0.2, -0.15) is 0 Å². The minimum Gasteiger partial charge on any atom is -0.325 e. The zero-order valence-electron chi connectivity index (χ0n) is 14.8. The fourth-order valence-electron chi connectivity index (χ4n) is 2.73. The van der Waals surface area contributed by atoms with Gasteiger partial charge in [-0.3, -0.25) is 4.79 Å². The fourth-order valence-corrected chi connectivity index (χ4v) is 4.42. The summed E-state index contributed by atoms with van der Waals surface area (Å²) >= 11 is 0. The van der Waals surface area contributed by atoms with Crippen LogP contribution in [0.3, 0.4) is 0 Å². The molecule has 1 aromatic rings. The molecule has 1 heterocycles. The fraction of sp³-hybridized carbons (Fsp3) is 0.588. The van der Waals surface area contributed by atoms with Crippen molar-refractivity contribution in [3.63, 3.8) is 0 Å². The summed E-state index contributed by atoms with van der Waals surface area (Å²) in [6.07, 6.45) is 2.90. The molecule has 1 atom stereocenters. The second kappa shape index (κ2) is 7.21. The number of nitrogens with one attached hydrogen (secondary N) is 3. The van der Waals surface area contributed by atoms with Gasteiger partial charge in [0.15, 0.2) is 0 Å². The van der Waals surface area contributed by atoms with Gasteiger partial charge < -0.3 is 10.6 Å². The van der Waals surface area contributed by atoms with Crippen LogP contribution in [-0.2, 0) is 14.8 Å². The van der Waals surface area contributed by atoms with E-state index < -0.39 is 15.6 Å². The van der Waals surface area contributed by atoms with Crippen LogP contribution in [-0.4, -0.2) is 32.5 Å². The number of carbonyl (C=O) groups excluding carboxylic acids is 1. The van der Waals surface area contributed by atoms with Crippen LogP contribution >= 0.6 is 0 Å². The number of anilines is 1. The van der Waals surface area contributed by atoms with Crippen molar-refractivity contribution in [3.8, 4) is 0 Å². The molecule has 1 amide bonds. The molecule has 0 saturated carbocycles. The molecule has 1 saturated heterocycles. The van der Waals surface area contributed by atoms with E-state index in [0.717, 1.165) is 25.8 Å². The lowest BCUT2D eigenvalue weighted by Gasteiger charge is -2.23. The molecule has 0 aliphatic carbocycles. The second-order valence-electron chi connectivity index (χ2n) is 7.33. The highest BCUT2D eigenvalue weighted by atomic mass is 32.2. The lowest BCUT2D eigenvalue weighted by atomic mass is 10.0. The molecule has 134 valence electrons. The Kier molecular flexibility index (Phi) is 5.67. The van der Waals surface area contributed by atoms with Crippen LogP contribution in [0.5, 0.6) is 0 Å². The summed E-state index contributed by atoms with van der Waals surface area (Å²) in [5.74, 6) is -0.120. The first kappa shape index (κ1) is 18.9. The summed E-state index contributed by atoms with van der Waals surface area (Å²) in [5.41, 5.74) is 0.559. The summed E-state index contributed by atoms with van der Waals surface area (Å²) in [7, 11) is -3.65. The molecule has 2 rings (SSSR count). The van der Waals surface area contributed by atoms with Crippen molar-refractivity contribution in [2.75, 3.05) is 11.9 Å². The Morgan fingerprint density at radius 2 is 1.96 bits per heavy atom. The highest BCUT2D eigenvalue weighted by molar-refractivity contribution is 7.89. The highest BCUT2D eigenvalue weighted by Gasteiger charge is 2.25. The van der Waals surface area contributed by atoms with Crippen LogP contribution in [0.25, 0.3) is 0 Å². The Hall–Kier alpha value is -1.44. The molecular formula is C17H27N3O3S. The number of rotatable bonds is 4. The first-order chi connectivity index (χ1) is 11.1. The molecule has 0 radical (unpaired) electrons. The van der Waals surface area contributed by atoms with Crippen LogP contribution in [0.15, 0.2) is 23.1 Å². The molecule has 6 nitrogen and oxygen atoms in total. The molecule has 0 aromatic heterocycles. The van der Waals surface area contributed by atoms with E-state index >= 15 is 0 Å². The first-order valence-corrected chi connectivity index (χ1v) is 9.76. The number of hydrogen-bond acceptors (Lipinski definition) is 4. The number of amides is 1. The predicted molar refractivity (Wildman–Crippen MR) is 95.5 cm³/mol. The molecule has 0 bridgehead atoms. The Morgan fingerprint density at radius 3 is 2.54 bits per heavy atom. The Labute approximate surface area is 144 Å². The topological polar surface area (TPSA) is 87.3 Å². The number of aryl methyl sites for hydroxylation is 1. The van der Waals surface area contributed by atoms with E-state index in [4.69, 9.17) is 0 Å². The summed E-state index contributed by atoms with van der Waals surface area (Å²) in [6, 6.07) is 4.74. The van der Waals surface area contributed by atoms with E-state index in [-0.39, 0.29) is 16.8 Å². The van der Waals surface area contributed by atoms with Gasteiger partial charge in [-0.25, -0.2) is 13.1 Å². The number of carbonyl (C=O) groups is 1. The molecule has 1 unspecified atom stereocenters. The van der Waals surface area contributed by atoms with Crippen molar-refractivity contribution in [2.24, 2.45) is 0 Å². The summed E-state index contributed by atoms with van der Waals surface area (Å²) in [5, 5.41) is 6.00. The van der Waals surface area contributed by atoms with Gasteiger partial charge in [0.2, 0.25) is 15.9 Å². The van der Waals surface area contributed by atoms with E-state index in [1.165, 1.54) is 6.07 Å². The molecular weight excluding hydrogens is 326 g/mol. The van der Waals surface area contributed by atoms with E-state index in [9.17, 15) is 13.2 Å². The van der Waals surface area contributed by atoms with Crippen LogP contribution in [0, 0.1) is 6.92 Å². The number of piperidine rings is 1. The third kappa shape index (κ3) is 5.03. The van der Waals surface area contributed by atoms with Crippen molar-refractivity contribution in [1.82, 2.24) is 10.0 Å². The summed E-state index contributed by atoms with van der Waals surface area (Å²) in [4.78, 5) is 12.5. The van der Waals surface area contributed by atoms with Crippen LogP contribution in [0.2, 0.25) is 0 Å². The Morgan fingerprint density at radius 1 is 1.25 bits per heavy atom. The van der Waals surface area contributed by atoms with Gasteiger partial charge in [-0.1, -0.05) is 12.5 Å². The number of hydrogen-bond donors (Lipinski definition) is 3. The normalized spacial score (nSPS) is 19.1. The van der Waals surface area contributed by atoms with Crippen molar-refractivity contribution in [3.05, 3.63) is 23.8 Å². The zero-order valence-corrected chi connectivity index (χ0v) is 15.6. The minimum atomic E-state index is -3.65. The molecule has 1 aliphatic rings. The summed E-state index contributed by atoms with van der Waals surface area (Å²) < 4.78 is 27.8. The lowest BCUT2D eigenvalue weighted by molar-refractivity contribution is -0.118. The van der Waals surface area contributed by atoms with Crippen LogP contribution < -0.4 is 15.4 Å². The third-order valence-corrected chi connectivity index (χ3v) is 5.71. The molecule has 7 heteroatoms. The van der Waals surface area contributed by atoms with E-state index in [2.05, 4.69) is 15.4 Å². The van der Waals surface area contributed by atoms with Crippen LogP contribution in [0.4, 0.5) is 5.69 Å². The van der Waals surface area contributed by atoms with Gasteiger partial charge in [0.1, 0.15) is 0 Å². The first-order valence-electron chi connectivity index (χ1n) is 8.27. The third-order valence-electron chi connectivity index (χ3n) is 3.81. The van der Waals surface area contributed by atoms with E-state index in [1.807, 2.05) is 0 Å². The van der Waals surface area contributed by atoms with Gasteiger partial charge >= 0.3 is 0 Å². The maximum atomic E-state index is 12.6. The zero-order chi connectivity index (χ0) is 18.0. The number of benzene rings is 1. The summed E-state index contributed by atoms with van der Waals surface area (Å²) in [6.45, 7) is 7.95. The highest BCUT2D eigenvalue weighted by Crippen LogP contribution is 2.22. The Balaban J connectivity index is 2.20. The monoisotopic (exact) mass is 353 g/mol. The van der Waals surface area contributed by atoms with Gasteiger partial charge in [0.05, 0.1) is 10.9 Å². The van der Waals surface area contributed by atoms with Crippen molar-refractivity contribution >= 4 is 21.6 Å². The standard InChI is InChI=1S/C17H27N3O3S/c1-12-8-9-13(19-16(21)14-7-5-6-10-18-14)11-15(12)24(22,23)20-17(2,3)4/h8-9,11,14,18,20H,5-7,10H2,1-4H3,(H,19,21). The average molecular weight is 353 g/mol. The van der Waals surface area contributed by atoms with Crippen molar-refractivity contribution in [2.45, 2.75) is 63.4 Å². The van der Waals surface area contributed by atoms with Gasteiger partial charge in [0, 0.05) is 11.2 Å². The predicted octanol–water partition coefficient (Wildman–Crippen LogP) is 2.15. The molecule has 24 heavy (non-hydrogen) atoms. The van der Waals surface area contributed by atoms with Crippen LogP contribution in [0.1, 0.15) is 45.6 Å². The van der Waals surface area contributed by atoms with Gasteiger partial charge in [0.25, 0.3) is 0 Å². The van der Waals surface area contributed by atoms with Crippen molar-refractivity contribution in [1.29, 1.82) is 0 Å². The van der Waals surface area contributed by atoms with Gasteiger partial charge in [-0.05, 0) is 64.8 Å². The maximum absolute atomic E-state index is 12.6. The van der Waals surface area contributed by atoms with E-state index in [0.29, 0.717) is 11.3 Å². The molecule has 0 spiro atoms. The quantitative estimate of drug-likeness (QED) is 0.774. The smallest absolute Gasteiger partial charge is 0.241 e. The molecule has 1 aromatic carbocycles. The maximum Gasteiger partial charge on any atom is 0.241 e. The second-order valence-corrected chi connectivity index (χ2v) is 8.98. The molecule has 3 N–H and O–H groups in total. The van der Waals surface area contributed by atoms with Crippen molar-refractivity contribution < 1.29 is 13.2 Å². The SMILES string of the molecule is Cc1ccc(NC(=O)C2CCCCN2)cc1S(=O)(=O)NC(C)(C)C. The largest absolute Gasteiger partial charge is 0.325 e. The molecule has 1 fully saturated rings. The van der Waals surface area contributed by atoms with E-state index in [1.54, 1.807) is 39.8 Å². The lowest BCUT2D eigenvalue weighted by Crippen LogP contribution is -2.43. The molecule has 1 aliphatic heterocycles.